The summed E-state index contributed by atoms with van der Waals surface area (Å²) in [6.07, 6.45) is 4.97. The Morgan fingerprint density at radius 2 is 2.21 bits per heavy atom. The van der Waals surface area contributed by atoms with Gasteiger partial charge in [0.15, 0.2) is 0 Å². The van der Waals surface area contributed by atoms with Gasteiger partial charge in [0.05, 0.1) is 12.0 Å². The van der Waals surface area contributed by atoms with Gasteiger partial charge in [-0.15, -0.1) is 0 Å². The molecule has 0 fully saturated rings. The van der Waals surface area contributed by atoms with E-state index in [2.05, 4.69) is 27.8 Å². The van der Waals surface area contributed by atoms with Gasteiger partial charge < -0.3 is 0 Å². The van der Waals surface area contributed by atoms with Crippen molar-refractivity contribution in [3.05, 3.63) is 26.8 Å². The van der Waals surface area contributed by atoms with Gasteiger partial charge in [0.1, 0.15) is 4.47 Å². The third-order valence-corrected chi connectivity index (χ3v) is 3.07. The van der Waals surface area contributed by atoms with Crippen LogP contribution in [0.4, 0.5) is 0 Å². The molecule has 0 atom stereocenters. The minimum Gasteiger partial charge on any atom is -0.298 e. The molecule has 4 heteroatoms. The maximum atomic E-state index is 11.7. The third-order valence-electron chi connectivity index (χ3n) is 2.16. The Bertz CT molecular complexity index is 360. The Hall–Kier alpha value is -0.640. The van der Waals surface area contributed by atoms with Crippen LogP contribution in [-0.2, 0) is 6.54 Å². The van der Waals surface area contributed by atoms with E-state index >= 15 is 0 Å². The molecule has 14 heavy (non-hydrogen) atoms. The summed E-state index contributed by atoms with van der Waals surface area (Å²) in [5.74, 6) is 0. The van der Waals surface area contributed by atoms with E-state index in [1.54, 1.807) is 10.9 Å². The number of aromatic nitrogens is 2. The molecule has 0 bridgehead atoms. The van der Waals surface area contributed by atoms with Crippen molar-refractivity contribution in [2.75, 3.05) is 0 Å². The van der Waals surface area contributed by atoms with Crippen molar-refractivity contribution in [1.82, 2.24) is 9.55 Å². The lowest BCUT2D eigenvalue weighted by Gasteiger charge is -2.05. The molecule has 0 aliphatic carbocycles. The number of hydrogen-bond donors (Lipinski definition) is 0. The highest BCUT2D eigenvalue weighted by Gasteiger charge is 2.04. The highest BCUT2D eigenvalue weighted by Crippen LogP contribution is 2.06. The van der Waals surface area contributed by atoms with Crippen molar-refractivity contribution in [2.24, 2.45) is 0 Å². The fourth-order valence-electron chi connectivity index (χ4n) is 1.24. The zero-order valence-corrected chi connectivity index (χ0v) is 10.2. The topological polar surface area (TPSA) is 34.9 Å². The van der Waals surface area contributed by atoms with Crippen LogP contribution in [0.3, 0.4) is 0 Å². The average molecular weight is 259 g/mol. The third kappa shape index (κ3) is 2.67. The van der Waals surface area contributed by atoms with Crippen LogP contribution in [0.2, 0.25) is 0 Å². The molecule has 1 aromatic heterocycles. The molecular weight excluding hydrogens is 244 g/mol. The fourth-order valence-corrected chi connectivity index (χ4v) is 1.57. The quantitative estimate of drug-likeness (QED) is 0.779. The summed E-state index contributed by atoms with van der Waals surface area (Å²) >= 11 is 3.24. The first-order chi connectivity index (χ1) is 6.66. The Morgan fingerprint density at radius 3 is 2.86 bits per heavy atom. The molecule has 0 amide bonds. The molecule has 0 unspecified atom stereocenters. The first-order valence-electron chi connectivity index (χ1n) is 4.88. The minimum atomic E-state index is 0.0219. The molecule has 0 aliphatic heterocycles. The Kier molecular flexibility index (Phi) is 4.32. The molecule has 0 aliphatic rings. The number of nitrogens with zero attached hydrogens (tertiary/aromatic N) is 2. The normalized spacial score (nSPS) is 10.5. The van der Waals surface area contributed by atoms with Gasteiger partial charge in [-0.25, -0.2) is 4.98 Å². The van der Waals surface area contributed by atoms with Crippen LogP contribution in [0.15, 0.2) is 15.6 Å². The lowest BCUT2D eigenvalue weighted by molar-refractivity contribution is 0.576. The predicted octanol–water partition coefficient (Wildman–Crippen LogP) is 2.50. The van der Waals surface area contributed by atoms with Crippen LogP contribution < -0.4 is 5.56 Å². The smallest absolute Gasteiger partial charge is 0.267 e. The molecule has 1 rings (SSSR count). The van der Waals surface area contributed by atoms with Crippen molar-refractivity contribution in [2.45, 2.75) is 39.7 Å². The molecule has 0 saturated carbocycles. The molecule has 0 radical (unpaired) electrons. The highest BCUT2D eigenvalue weighted by molar-refractivity contribution is 9.10. The number of hydrogen-bond acceptors (Lipinski definition) is 2. The summed E-state index contributed by atoms with van der Waals surface area (Å²) in [5, 5.41) is 0. The monoisotopic (exact) mass is 258 g/mol. The van der Waals surface area contributed by atoms with E-state index < -0.39 is 0 Å². The first kappa shape index (κ1) is 11.4. The molecule has 0 N–H and O–H groups in total. The van der Waals surface area contributed by atoms with Crippen molar-refractivity contribution in [3.8, 4) is 0 Å². The van der Waals surface area contributed by atoms with E-state index in [4.69, 9.17) is 0 Å². The van der Waals surface area contributed by atoms with Crippen LogP contribution in [-0.4, -0.2) is 9.55 Å². The van der Waals surface area contributed by atoms with E-state index in [-0.39, 0.29) is 5.56 Å². The van der Waals surface area contributed by atoms with Gasteiger partial charge in [0.25, 0.3) is 5.56 Å². The lowest BCUT2D eigenvalue weighted by atomic mass is 10.2. The number of aryl methyl sites for hydroxylation is 2. The van der Waals surface area contributed by atoms with Gasteiger partial charge in [0.2, 0.25) is 0 Å². The molecule has 0 saturated heterocycles. The van der Waals surface area contributed by atoms with Gasteiger partial charge in [0, 0.05) is 6.54 Å². The summed E-state index contributed by atoms with van der Waals surface area (Å²) in [6.45, 7) is 4.73. The van der Waals surface area contributed by atoms with Gasteiger partial charge in [-0.1, -0.05) is 19.8 Å². The summed E-state index contributed by atoms with van der Waals surface area (Å²) in [6, 6.07) is 0. The molecule has 1 aromatic rings. The second-order valence-corrected chi connectivity index (χ2v) is 4.14. The molecular formula is C10H15BrN2O. The van der Waals surface area contributed by atoms with Crippen molar-refractivity contribution >= 4 is 15.9 Å². The highest BCUT2D eigenvalue weighted by atomic mass is 79.9. The van der Waals surface area contributed by atoms with Crippen molar-refractivity contribution < 1.29 is 0 Å². The van der Waals surface area contributed by atoms with Crippen molar-refractivity contribution in [1.29, 1.82) is 0 Å². The summed E-state index contributed by atoms with van der Waals surface area (Å²) < 4.78 is 2.24. The zero-order valence-electron chi connectivity index (χ0n) is 8.59. The van der Waals surface area contributed by atoms with Gasteiger partial charge in [-0.05, 0) is 29.3 Å². The van der Waals surface area contributed by atoms with Crippen LogP contribution >= 0.6 is 15.9 Å². The summed E-state index contributed by atoms with van der Waals surface area (Å²) in [7, 11) is 0. The van der Waals surface area contributed by atoms with E-state index in [9.17, 15) is 4.79 Å². The lowest BCUT2D eigenvalue weighted by Crippen LogP contribution is -2.22. The molecule has 0 spiro atoms. The number of rotatable bonds is 4. The summed E-state index contributed by atoms with van der Waals surface area (Å²) in [4.78, 5) is 15.8. The van der Waals surface area contributed by atoms with E-state index in [0.717, 1.165) is 31.5 Å². The molecule has 3 nitrogen and oxygen atoms in total. The SMILES string of the molecule is CCCCCn1cnc(C)c(Br)c1=O. The van der Waals surface area contributed by atoms with Crippen LogP contribution in [0, 0.1) is 6.92 Å². The van der Waals surface area contributed by atoms with Gasteiger partial charge in [-0.3, -0.25) is 9.36 Å². The Balaban J connectivity index is 2.79. The minimum absolute atomic E-state index is 0.0219. The van der Waals surface area contributed by atoms with E-state index in [1.165, 1.54) is 0 Å². The Morgan fingerprint density at radius 1 is 1.50 bits per heavy atom. The fraction of sp³-hybridized carbons (Fsp3) is 0.600. The van der Waals surface area contributed by atoms with E-state index in [1.807, 2.05) is 6.92 Å². The average Bonchev–Trinajstić information content (AvgIpc) is 2.18. The van der Waals surface area contributed by atoms with Gasteiger partial charge >= 0.3 is 0 Å². The maximum Gasteiger partial charge on any atom is 0.267 e. The zero-order chi connectivity index (χ0) is 10.6. The maximum absolute atomic E-state index is 11.7. The molecule has 1 heterocycles. The van der Waals surface area contributed by atoms with E-state index in [0.29, 0.717) is 4.47 Å². The second-order valence-electron chi connectivity index (χ2n) is 3.35. The largest absolute Gasteiger partial charge is 0.298 e. The number of halogens is 1. The summed E-state index contributed by atoms with van der Waals surface area (Å²) in [5.41, 5.74) is 0.773. The van der Waals surface area contributed by atoms with Crippen LogP contribution in [0.25, 0.3) is 0 Å². The predicted molar refractivity (Wildman–Crippen MR) is 60.5 cm³/mol. The molecule has 0 aromatic carbocycles. The second kappa shape index (κ2) is 5.29. The van der Waals surface area contributed by atoms with Crippen LogP contribution in [0.1, 0.15) is 31.9 Å². The van der Waals surface area contributed by atoms with Gasteiger partial charge in [-0.2, -0.15) is 0 Å². The standard InChI is InChI=1S/C10H15BrN2O/c1-3-4-5-6-13-7-12-8(2)9(11)10(13)14/h7H,3-6H2,1-2H3. The molecule has 78 valence electrons. The Labute approximate surface area is 92.3 Å². The van der Waals surface area contributed by atoms with Crippen molar-refractivity contribution in [3.63, 3.8) is 0 Å². The van der Waals surface area contributed by atoms with Crippen LogP contribution in [0.5, 0.6) is 0 Å². The number of unbranched alkanes of at least 4 members (excludes halogenated alkanes) is 2. The first-order valence-corrected chi connectivity index (χ1v) is 5.67.